The van der Waals surface area contributed by atoms with Crippen molar-refractivity contribution in [2.75, 3.05) is 44.4 Å². The van der Waals surface area contributed by atoms with Crippen molar-refractivity contribution in [3.8, 4) is 0 Å². The molecule has 0 amide bonds. The van der Waals surface area contributed by atoms with Gasteiger partial charge in [0.2, 0.25) is 10.0 Å². The fraction of sp³-hybridized carbons (Fsp3) is 0.545. The van der Waals surface area contributed by atoms with Crippen molar-refractivity contribution in [3.05, 3.63) is 45.8 Å². The number of nitrogens with one attached hydrogen (secondary N) is 1. The van der Waals surface area contributed by atoms with Gasteiger partial charge in [-0.2, -0.15) is 9.40 Å². The summed E-state index contributed by atoms with van der Waals surface area (Å²) >= 11 is 6.35. The van der Waals surface area contributed by atoms with Crippen LogP contribution >= 0.6 is 11.6 Å². The molecule has 2 aromatic rings. The molecular weight excluding hydrogens is 516 g/mol. The Morgan fingerprint density at radius 2 is 1.80 bits per heavy atom. The van der Waals surface area contributed by atoms with Gasteiger partial charge in [-0.3, -0.25) is 4.79 Å². The second-order valence-corrected chi connectivity index (χ2v) is 13.2. The zero-order valence-corrected chi connectivity index (χ0v) is 21.8. The fourth-order valence-corrected chi connectivity index (χ4v) is 7.76. The third-order valence-electron chi connectivity index (χ3n) is 6.42. The van der Waals surface area contributed by atoms with Crippen LogP contribution in [0.25, 0.3) is 0 Å². The van der Waals surface area contributed by atoms with Crippen LogP contribution in [0.4, 0.5) is 5.69 Å². The first-order chi connectivity index (χ1) is 16.6. The van der Waals surface area contributed by atoms with Gasteiger partial charge in [-0.25, -0.2) is 21.5 Å². The van der Waals surface area contributed by atoms with Gasteiger partial charge >= 0.3 is 0 Å². The number of hydrogen-bond donors (Lipinski definition) is 1. The van der Waals surface area contributed by atoms with Crippen molar-refractivity contribution >= 4 is 37.1 Å². The molecular formula is C22H29ClN4O6S2. The molecule has 35 heavy (non-hydrogen) atoms. The van der Waals surface area contributed by atoms with E-state index in [9.17, 15) is 21.6 Å². The van der Waals surface area contributed by atoms with Crippen molar-refractivity contribution in [2.24, 2.45) is 5.92 Å². The van der Waals surface area contributed by atoms with Gasteiger partial charge in [0.25, 0.3) is 5.56 Å². The number of anilines is 1. The summed E-state index contributed by atoms with van der Waals surface area (Å²) in [5, 5.41) is 7.54. The van der Waals surface area contributed by atoms with Crippen molar-refractivity contribution in [1.82, 2.24) is 14.1 Å². The number of piperidine rings is 1. The lowest BCUT2D eigenvalue weighted by atomic mass is 10.0. The summed E-state index contributed by atoms with van der Waals surface area (Å²) in [6, 6.07) is 5.26. The number of rotatable bonds is 7. The highest BCUT2D eigenvalue weighted by molar-refractivity contribution is 7.93. The molecule has 0 aliphatic carbocycles. The van der Waals surface area contributed by atoms with E-state index < -0.39 is 25.4 Å². The lowest BCUT2D eigenvalue weighted by Crippen LogP contribution is -2.41. The second kappa shape index (κ2) is 10.6. The Hall–Kier alpha value is -1.99. The average molecular weight is 545 g/mol. The summed E-state index contributed by atoms with van der Waals surface area (Å²) in [6.45, 7) is 2.33. The van der Waals surface area contributed by atoms with Crippen LogP contribution in [-0.4, -0.2) is 70.0 Å². The molecule has 0 bridgehead atoms. The van der Waals surface area contributed by atoms with Crippen molar-refractivity contribution in [1.29, 1.82) is 0 Å². The largest absolute Gasteiger partial charge is 0.382 e. The lowest BCUT2D eigenvalue weighted by molar-refractivity contribution is 0.0595. The molecule has 2 fully saturated rings. The molecule has 1 aromatic carbocycles. The highest BCUT2D eigenvalue weighted by Gasteiger charge is 2.34. The van der Waals surface area contributed by atoms with Crippen molar-refractivity contribution < 1.29 is 21.6 Å². The molecule has 4 rings (SSSR count). The molecule has 0 saturated carbocycles. The first kappa shape index (κ1) is 26.1. The third-order valence-corrected chi connectivity index (χ3v) is 10.0. The molecule has 13 heteroatoms. The molecule has 2 saturated heterocycles. The van der Waals surface area contributed by atoms with E-state index in [1.165, 1.54) is 39.4 Å². The number of benzene rings is 1. The van der Waals surface area contributed by atoms with E-state index in [0.29, 0.717) is 37.6 Å². The quantitative estimate of drug-likeness (QED) is 0.561. The minimum Gasteiger partial charge on any atom is -0.382 e. The zero-order valence-electron chi connectivity index (χ0n) is 19.4. The SMILES string of the molecule is CS(=O)(=O)c1ccccc1S(=O)(=O)N1CCC(n2ncc(NC[C@H]3CCCOC3)c(Cl)c2=O)CC1. The topological polar surface area (TPSA) is 128 Å². The number of aromatic nitrogens is 2. The predicted octanol–water partition coefficient (Wildman–Crippen LogP) is 2.16. The van der Waals surface area contributed by atoms with Gasteiger partial charge in [-0.15, -0.1) is 0 Å². The van der Waals surface area contributed by atoms with Gasteiger partial charge in [0, 0.05) is 32.5 Å². The Morgan fingerprint density at radius 3 is 2.43 bits per heavy atom. The number of halogens is 1. The third kappa shape index (κ3) is 5.72. The van der Waals surface area contributed by atoms with E-state index >= 15 is 0 Å². The number of sulfone groups is 1. The number of hydrogen-bond acceptors (Lipinski definition) is 8. The fourth-order valence-electron chi connectivity index (χ4n) is 4.49. The van der Waals surface area contributed by atoms with Gasteiger partial charge < -0.3 is 10.1 Å². The van der Waals surface area contributed by atoms with E-state index in [-0.39, 0.29) is 33.9 Å². The minimum absolute atomic E-state index is 0.0499. The average Bonchev–Trinajstić information content (AvgIpc) is 2.85. The van der Waals surface area contributed by atoms with Crippen LogP contribution in [0.15, 0.2) is 45.0 Å². The Bertz CT molecular complexity index is 1330. The zero-order chi connectivity index (χ0) is 25.2. The van der Waals surface area contributed by atoms with E-state index in [4.69, 9.17) is 16.3 Å². The second-order valence-electron chi connectivity index (χ2n) is 8.94. The molecule has 1 N–H and O–H groups in total. The molecule has 3 heterocycles. The number of sulfonamides is 1. The van der Waals surface area contributed by atoms with Gasteiger partial charge in [0.15, 0.2) is 9.84 Å². The predicted molar refractivity (Wildman–Crippen MR) is 132 cm³/mol. The number of nitrogens with zero attached hydrogens (tertiary/aromatic N) is 3. The van der Waals surface area contributed by atoms with Gasteiger partial charge in [-0.05, 0) is 43.7 Å². The highest BCUT2D eigenvalue weighted by atomic mass is 35.5. The Morgan fingerprint density at radius 1 is 1.11 bits per heavy atom. The molecule has 10 nitrogen and oxygen atoms in total. The normalized spacial score (nSPS) is 20.6. The van der Waals surface area contributed by atoms with E-state index in [2.05, 4.69) is 10.4 Å². The summed E-state index contributed by atoms with van der Waals surface area (Å²) in [5.41, 5.74) is 0.0381. The van der Waals surface area contributed by atoms with Crippen LogP contribution in [-0.2, 0) is 24.6 Å². The van der Waals surface area contributed by atoms with E-state index in [0.717, 1.165) is 25.7 Å². The smallest absolute Gasteiger partial charge is 0.287 e. The lowest BCUT2D eigenvalue weighted by Gasteiger charge is -2.32. The monoisotopic (exact) mass is 544 g/mol. The molecule has 2 aliphatic rings. The first-order valence-electron chi connectivity index (χ1n) is 11.5. The maximum absolute atomic E-state index is 13.2. The van der Waals surface area contributed by atoms with Gasteiger partial charge in [0.1, 0.15) is 9.92 Å². The maximum Gasteiger partial charge on any atom is 0.287 e. The molecule has 0 spiro atoms. The van der Waals surface area contributed by atoms with Crippen molar-refractivity contribution in [3.63, 3.8) is 0 Å². The van der Waals surface area contributed by atoms with Crippen molar-refractivity contribution in [2.45, 2.75) is 41.5 Å². The Balaban J connectivity index is 1.45. The Labute approximate surface area is 210 Å². The van der Waals surface area contributed by atoms with Gasteiger partial charge in [-0.1, -0.05) is 23.7 Å². The van der Waals surface area contributed by atoms with Crippen LogP contribution < -0.4 is 10.9 Å². The van der Waals surface area contributed by atoms with E-state index in [1.54, 1.807) is 0 Å². The van der Waals surface area contributed by atoms with Crippen LogP contribution in [0.1, 0.15) is 31.7 Å². The molecule has 192 valence electrons. The van der Waals surface area contributed by atoms with E-state index in [1.807, 2.05) is 0 Å². The molecule has 0 unspecified atom stereocenters. The molecule has 1 aromatic heterocycles. The van der Waals surface area contributed by atoms with Crippen LogP contribution in [0.2, 0.25) is 5.02 Å². The first-order valence-corrected chi connectivity index (χ1v) is 15.2. The standard InChI is InChI=1S/C22H29ClN4O6S2/c1-34(29,30)19-6-2-3-7-20(19)35(31,32)26-10-8-17(9-11-26)27-22(28)21(23)18(14-25-27)24-13-16-5-4-12-33-15-16/h2-3,6-7,14,16-17,24H,4-5,8-13,15H2,1H3/t16-/m1/s1. The molecule has 2 aliphatic heterocycles. The Kier molecular flexibility index (Phi) is 7.86. The van der Waals surface area contributed by atoms with Crippen LogP contribution in [0, 0.1) is 5.92 Å². The summed E-state index contributed by atoms with van der Waals surface area (Å²) in [4.78, 5) is 12.4. The minimum atomic E-state index is -4.02. The maximum atomic E-state index is 13.2. The molecule has 0 radical (unpaired) electrons. The summed E-state index contributed by atoms with van der Waals surface area (Å²) in [6.07, 6.45) is 5.25. The van der Waals surface area contributed by atoms with Crippen LogP contribution in [0.3, 0.4) is 0 Å². The summed E-state index contributed by atoms with van der Waals surface area (Å²) < 4.78 is 58.7. The van der Waals surface area contributed by atoms with Crippen LogP contribution in [0.5, 0.6) is 0 Å². The summed E-state index contributed by atoms with van der Waals surface area (Å²) in [7, 11) is -7.75. The van der Waals surface area contributed by atoms with Gasteiger partial charge in [0.05, 0.1) is 29.4 Å². The summed E-state index contributed by atoms with van der Waals surface area (Å²) in [5.74, 6) is 0.348. The highest BCUT2D eigenvalue weighted by Crippen LogP contribution is 2.29. The number of ether oxygens (including phenoxy) is 1. The molecule has 1 atom stereocenters.